The maximum Gasteiger partial charge on any atom is 0.449 e. The zero-order valence-electron chi connectivity index (χ0n) is 12.4. The molecular formula is C16H12F3N3O2. The summed E-state index contributed by atoms with van der Waals surface area (Å²) in [6.07, 6.45) is -3.13. The van der Waals surface area contributed by atoms with E-state index in [9.17, 15) is 18.3 Å². The zero-order chi connectivity index (χ0) is 17.3. The molecule has 0 amide bonds. The van der Waals surface area contributed by atoms with Gasteiger partial charge in [0, 0.05) is 11.8 Å². The Morgan fingerprint density at radius 2 is 2.00 bits per heavy atom. The van der Waals surface area contributed by atoms with E-state index in [1.165, 1.54) is 37.6 Å². The maximum absolute atomic E-state index is 12.6. The molecule has 0 spiro atoms. The van der Waals surface area contributed by atoms with Crippen LogP contribution in [0.4, 0.5) is 18.9 Å². The number of hydrogen-bond acceptors (Lipinski definition) is 4. The predicted octanol–water partition coefficient (Wildman–Crippen LogP) is 4.05. The number of phenols is 1. The number of aromatic hydroxyl groups is 1. The van der Waals surface area contributed by atoms with Crippen molar-refractivity contribution < 1.29 is 23.0 Å². The molecule has 2 N–H and O–H groups in total. The first-order chi connectivity index (χ1) is 11.4. The van der Waals surface area contributed by atoms with Crippen LogP contribution in [0.1, 0.15) is 11.4 Å². The number of hydrogen-bond donors (Lipinski definition) is 2. The van der Waals surface area contributed by atoms with E-state index in [1.807, 2.05) is 0 Å². The zero-order valence-corrected chi connectivity index (χ0v) is 12.4. The Morgan fingerprint density at radius 1 is 1.21 bits per heavy atom. The van der Waals surface area contributed by atoms with Crippen LogP contribution in [0.2, 0.25) is 0 Å². The summed E-state index contributed by atoms with van der Waals surface area (Å²) in [6.45, 7) is 0. The van der Waals surface area contributed by atoms with Gasteiger partial charge in [0.1, 0.15) is 11.5 Å². The number of aromatic amines is 1. The summed E-state index contributed by atoms with van der Waals surface area (Å²) < 4.78 is 43.0. The maximum atomic E-state index is 12.6. The van der Waals surface area contributed by atoms with Crippen LogP contribution in [0.3, 0.4) is 0 Å². The molecule has 0 saturated heterocycles. The molecule has 0 radical (unpaired) electrons. The SMILES string of the molecule is COc1ccc(O)c(C=Nc2ccc3nc(C(F)(F)F)[nH]c3c2)c1. The fourth-order valence-corrected chi connectivity index (χ4v) is 2.12. The van der Waals surface area contributed by atoms with E-state index in [-0.39, 0.29) is 16.8 Å². The number of aromatic nitrogens is 2. The minimum absolute atomic E-state index is 0.0153. The third-order valence-corrected chi connectivity index (χ3v) is 3.32. The van der Waals surface area contributed by atoms with Crippen LogP contribution in [0.15, 0.2) is 41.4 Å². The van der Waals surface area contributed by atoms with Crippen molar-refractivity contribution in [2.45, 2.75) is 6.18 Å². The summed E-state index contributed by atoms with van der Waals surface area (Å²) in [5, 5.41) is 9.79. The van der Waals surface area contributed by atoms with Gasteiger partial charge >= 0.3 is 6.18 Å². The van der Waals surface area contributed by atoms with Crippen LogP contribution in [-0.4, -0.2) is 28.4 Å². The van der Waals surface area contributed by atoms with E-state index in [0.29, 0.717) is 17.0 Å². The van der Waals surface area contributed by atoms with Crippen LogP contribution in [-0.2, 0) is 6.18 Å². The summed E-state index contributed by atoms with van der Waals surface area (Å²) in [4.78, 5) is 9.88. The van der Waals surface area contributed by atoms with Crippen LogP contribution in [0.5, 0.6) is 11.5 Å². The number of imidazole rings is 1. The average Bonchev–Trinajstić information content (AvgIpc) is 2.97. The number of fused-ring (bicyclic) bond motifs is 1. The van der Waals surface area contributed by atoms with Gasteiger partial charge in [0.25, 0.3) is 0 Å². The van der Waals surface area contributed by atoms with Gasteiger partial charge in [-0.15, -0.1) is 0 Å². The monoisotopic (exact) mass is 335 g/mol. The molecule has 0 saturated carbocycles. The molecule has 0 bridgehead atoms. The normalized spacial score (nSPS) is 12.2. The molecule has 0 aliphatic carbocycles. The topological polar surface area (TPSA) is 70.5 Å². The number of phenolic OH excluding ortho intramolecular Hbond substituents is 1. The Hall–Kier alpha value is -3.03. The van der Waals surface area contributed by atoms with Gasteiger partial charge < -0.3 is 14.8 Å². The first-order valence-electron chi connectivity index (χ1n) is 6.85. The van der Waals surface area contributed by atoms with Crippen molar-refractivity contribution in [3.8, 4) is 11.5 Å². The molecule has 0 aliphatic heterocycles. The van der Waals surface area contributed by atoms with Crippen molar-refractivity contribution in [2.75, 3.05) is 7.11 Å². The molecule has 0 unspecified atom stereocenters. The van der Waals surface area contributed by atoms with E-state index >= 15 is 0 Å². The van der Waals surface area contributed by atoms with E-state index < -0.39 is 12.0 Å². The summed E-state index contributed by atoms with van der Waals surface area (Å²) in [7, 11) is 1.50. The van der Waals surface area contributed by atoms with Crippen LogP contribution >= 0.6 is 0 Å². The molecule has 0 fully saturated rings. The quantitative estimate of drug-likeness (QED) is 0.710. The van der Waals surface area contributed by atoms with E-state index in [0.717, 1.165) is 0 Å². The van der Waals surface area contributed by atoms with Gasteiger partial charge in [-0.1, -0.05) is 0 Å². The highest BCUT2D eigenvalue weighted by Gasteiger charge is 2.34. The standard InChI is InChI=1S/C16H12F3N3O2/c1-24-11-3-5-14(23)9(6-11)8-20-10-2-4-12-13(7-10)22-15(21-12)16(17,18)19/h2-8,23H,1H3,(H,21,22). The van der Waals surface area contributed by atoms with Gasteiger partial charge in [-0.3, -0.25) is 4.99 Å². The van der Waals surface area contributed by atoms with Crippen LogP contribution < -0.4 is 4.74 Å². The van der Waals surface area contributed by atoms with E-state index in [2.05, 4.69) is 15.0 Å². The third kappa shape index (κ3) is 3.17. The molecule has 1 aromatic heterocycles. The minimum atomic E-state index is -4.53. The smallest absolute Gasteiger partial charge is 0.449 e. The summed E-state index contributed by atoms with van der Waals surface area (Å²) >= 11 is 0. The largest absolute Gasteiger partial charge is 0.507 e. The first kappa shape index (κ1) is 15.9. The second-order valence-electron chi connectivity index (χ2n) is 4.97. The minimum Gasteiger partial charge on any atom is -0.507 e. The van der Waals surface area contributed by atoms with Gasteiger partial charge in [-0.2, -0.15) is 13.2 Å². The molecule has 2 aromatic carbocycles. The molecule has 8 heteroatoms. The van der Waals surface area contributed by atoms with Gasteiger partial charge in [0.05, 0.1) is 23.8 Å². The number of methoxy groups -OCH3 is 1. The number of aliphatic imine (C=N–C) groups is 1. The highest BCUT2D eigenvalue weighted by Crippen LogP contribution is 2.30. The molecule has 1 heterocycles. The number of alkyl halides is 3. The predicted molar refractivity (Wildman–Crippen MR) is 83.0 cm³/mol. The lowest BCUT2D eigenvalue weighted by atomic mass is 10.2. The fourth-order valence-electron chi connectivity index (χ4n) is 2.12. The summed E-state index contributed by atoms with van der Waals surface area (Å²) in [5.74, 6) is -0.487. The molecule has 5 nitrogen and oxygen atoms in total. The molecule has 124 valence electrons. The number of H-pyrrole nitrogens is 1. The number of ether oxygens (including phenoxy) is 1. The fraction of sp³-hybridized carbons (Fsp3) is 0.125. The lowest BCUT2D eigenvalue weighted by Crippen LogP contribution is -2.06. The lowest BCUT2D eigenvalue weighted by molar-refractivity contribution is -0.144. The number of nitrogens with zero attached hydrogens (tertiary/aromatic N) is 2. The van der Waals surface area contributed by atoms with Crippen molar-refractivity contribution in [3.63, 3.8) is 0 Å². The number of rotatable bonds is 3. The van der Waals surface area contributed by atoms with Crippen LogP contribution in [0.25, 0.3) is 11.0 Å². The van der Waals surface area contributed by atoms with Crippen LogP contribution in [0, 0.1) is 0 Å². The van der Waals surface area contributed by atoms with Crippen molar-refractivity contribution in [3.05, 3.63) is 47.8 Å². The Kier molecular flexibility index (Phi) is 3.88. The van der Waals surface area contributed by atoms with E-state index in [1.54, 1.807) is 12.1 Å². The number of benzene rings is 2. The first-order valence-corrected chi connectivity index (χ1v) is 6.85. The van der Waals surface area contributed by atoms with Gasteiger partial charge in [-0.25, -0.2) is 4.98 Å². The Labute approximate surface area is 134 Å². The van der Waals surface area contributed by atoms with Gasteiger partial charge in [0.15, 0.2) is 0 Å². The number of halogens is 3. The van der Waals surface area contributed by atoms with Gasteiger partial charge in [-0.05, 0) is 36.4 Å². The molecule has 0 aliphatic rings. The molecule has 0 atom stereocenters. The Bertz CT molecular complexity index is 917. The van der Waals surface area contributed by atoms with Gasteiger partial charge in [0.2, 0.25) is 5.82 Å². The third-order valence-electron chi connectivity index (χ3n) is 3.32. The Morgan fingerprint density at radius 3 is 2.71 bits per heavy atom. The molecular weight excluding hydrogens is 323 g/mol. The van der Waals surface area contributed by atoms with E-state index in [4.69, 9.17) is 4.74 Å². The molecule has 3 rings (SSSR count). The highest BCUT2D eigenvalue weighted by atomic mass is 19.4. The van der Waals surface area contributed by atoms with Crippen molar-refractivity contribution >= 4 is 22.9 Å². The lowest BCUT2D eigenvalue weighted by Gasteiger charge is -2.02. The Balaban J connectivity index is 1.93. The average molecular weight is 335 g/mol. The van der Waals surface area contributed by atoms with Crippen molar-refractivity contribution in [2.24, 2.45) is 4.99 Å². The van der Waals surface area contributed by atoms with Crippen molar-refractivity contribution in [1.82, 2.24) is 9.97 Å². The second-order valence-corrected chi connectivity index (χ2v) is 4.97. The van der Waals surface area contributed by atoms with Crippen molar-refractivity contribution in [1.29, 1.82) is 0 Å². The number of nitrogens with one attached hydrogen (secondary N) is 1. The molecule has 3 aromatic rings. The highest BCUT2D eigenvalue weighted by molar-refractivity contribution is 5.87. The molecule has 24 heavy (non-hydrogen) atoms. The summed E-state index contributed by atoms with van der Waals surface area (Å²) in [6, 6.07) is 9.09. The summed E-state index contributed by atoms with van der Waals surface area (Å²) in [5.41, 5.74) is 1.27. The second kappa shape index (κ2) is 5.88.